The smallest absolute Gasteiger partial charge is 0.306 e. The van der Waals surface area contributed by atoms with E-state index >= 15 is 0 Å². The second kappa shape index (κ2) is 10.7. The number of hydrogen-bond donors (Lipinski definition) is 0. The Morgan fingerprint density at radius 1 is 0.900 bits per heavy atom. The Hall–Kier alpha value is -1.06. The summed E-state index contributed by atoms with van der Waals surface area (Å²) in [6.07, 6.45) is 2.98. The Kier molecular flexibility index (Phi) is 10.1. The van der Waals surface area contributed by atoms with Crippen molar-refractivity contribution >= 4 is 11.9 Å². The molecule has 4 nitrogen and oxygen atoms in total. The van der Waals surface area contributed by atoms with Crippen LogP contribution in [-0.4, -0.2) is 24.6 Å². The molecule has 4 heteroatoms. The maximum Gasteiger partial charge on any atom is 0.306 e. The van der Waals surface area contributed by atoms with Crippen molar-refractivity contribution in [2.45, 2.75) is 72.8 Å². The molecule has 0 radical (unpaired) electrons. The third-order valence-electron chi connectivity index (χ3n) is 2.94. The molecule has 0 amide bonds. The zero-order valence-corrected chi connectivity index (χ0v) is 13.6. The van der Waals surface area contributed by atoms with Crippen molar-refractivity contribution in [3.8, 4) is 0 Å². The van der Waals surface area contributed by atoms with Crippen molar-refractivity contribution in [1.82, 2.24) is 0 Å². The molecule has 0 rings (SSSR count). The van der Waals surface area contributed by atoms with E-state index in [0.717, 1.165) is 19.3 Å². The fourth-order valence-corrected chi connectivity index (χ4v) is 1.95. The Bertz CT molecular complexity index is 284. The van der Waals surface area contributed by atoms with Gasteiger partial charge in [0.25, 0.3) is 0 Å². The summed E-state index contributed by atoms with van der Waals surface area (Å²) in [5, 5.41) is 0. The van der Waals surface area contributed by atoms with Gasteiger partial charge >= 0.3 is 11.9 Å². The largest absolute Gasteiger partial charge is 0.466 e. The van der Waals surface area contributed by atoms with E-state index < -0.39 is 0 Å². The lowest BCUT2D eigenvalue weighted by Gasteiger charge is -2.20. The van der Waals surface area contributed by atoms with Crippen LogP contribution in [-0.2, 0) is 19.1 Å². The van der Waals surface area contributed by atoms with Gasteiger partial charge in [0.15, 0.2) is 0 Å². The van der Waals surface area contributed by atoms with E-state index in [1.54, 1.807) is 6.92 Å². The van der Waals surface area contributed by atoms with Crippen LogP contribution in [0.25, 0.3) is 0 Å². The number of ether oxygens (including phenoxy) is 2. The zero-order chi connectivity index (χ0) is 15.5. The molecule has 0 aliphatic heterocycles. The van der Waals surface area contributed by atoms with Crippen molar-refractivity contribution in [2.75, 3.05) is 6.61 Å². The molecule has 1 unspecified atom stereocenters. The predicted octanol–water partition coefficient (Wildman–Crippen LogP) is 3.72. The molecule has 1 atom stereocenters. The Labute approximate surface area is 123 Å². The summed E-state index contributed by atoms with van der Waals surface area (Å²) >= 11 is 0. The van der Waals surface area contributed by atoms with Crippen molar-refractivity contribution in [3.63, 3.8) is 0 Å². The van der Waals surface area contributed by atoms with Gasteiger partial charge in [0.2, 0.25) is 0 Å². The van der Waals surface area contributed by atoms with Crippen LogP contribution in [0, 0.1) is 11.8 Å². The van der Waals surface area contributed by atoms with Crippen LogP contribution in [0.2, 0.25) is 0 Å². The summed E-state index contributed by atoms with van der Waals surface area (Å²) in [5.74, 6) is 0.451. The van der Waals surface area contributed by atoms with Gasteiger partial charge in [-0.25, -0.2) is 0 Å². The van der Waals surface area contributed by atoms with Crippen LogP contribution in [0.4, 0.5) is 0 Å². The second-order valence-electron chi connectivity index (χ2n) is 6.02. The summed E-state index contributed by atoms with van der Waals surface area (Å²) in [7, 11) is 0. The Morgan fingerprint density at radius 3 is 2.00 bits per heavy atom. The maximum atomic E-state index is 11.8. The fraction of sp³-hybridized carbons (Fsp3) is 0.875. The molecular formula is C16H30O4. The first-order chi connectivity index (χ1) is 9.35. The first-order valence-electron chi connectivity index (χ1n) is 7.70. The minimum Gasteiger partial charge on any atom is -0.466 e. The van der Waals surface area contributed by atoms with Gasteiger partial charge in [0, 0.05) is 0 Å². The minimum absolute atomic E-state index is 0.0351. The van der Waals surface area contributed by atoms with E-state index in [0.29, 0.717) is 18.4 Å². The number of carbonyl (C=O) groups is 2. The standard InChI is InChI=1S/C16H30O4/c1-6-19-15(17)9-10-16(18)20-14(11-13(4)5)8-7-12(2)3/h12-14H,6-11H2,1-5H3. The Balaban J connectivity index is 4.13. The van der Waals surface area contributed by atoms with E-state index in [4.69, 9.17) is 9.47 Å². The molecule has 0 saturated heterocycles. The number of carbonyl (C=O) groups excluding carboxylic acids is 2. The maximum absolute atomic E-state index is 11.8. The molecule has 0 aliphatic carbocycles. The molecule has 20 heavy (non-hydrogen) atoms. The molecule has 0 bridgehead atoms. The van der Waals surface area contributed by atoms with Crippen molar-refractivity contribution in [1.29, 1.82) is 0 Å². The van der Waals surface area contributed by atoms with Crippen LogP contribution in [0.3, 0.4) is 0 Å². The van der Waals surface area contributed by atoms with Crippen LogP contribution in [0.5, 0.6) is 0 Å². The van der Waals surface area contributed by atoms with E-state index in [1.165, 1.54) is 0 Å². The first kappa shape index (κ1) is 18.9. The fourth-order valence-electron chi connectivity index (χ4n) is 1.95. The van der Waals surface area contributed by atoms with Crippen LogP contribution < -0.4 is 0 Å². The molecule has 0 aliphatic rings. The topological polar surface area (TPSA) is 52.6 Å². The molecule has 0 spiro atoms. The molecule has 0 heterocycles. The van der Waals surface area contributed by atoms with Crippen molar-refractivity contribution in [3.05, 3.63) is 0 Å². The number of hydrogen-bond acceptors (Lipinski definition) is 4. The van der Waals surface area contributed by atoms with Crippen LogP contribution in [0.1, 0.15) is 66.7 Å². The monoisotopic (exact) mass is 286 g/mol. The highest BCUT2D eigenvalue weighted by Gasteiger charge is 2.17. The highest BCUT2D eigenvalue weighted by Crippen LogP contribution is 2.17. The quantitative estimate of drug-likeness (QED) is 0.574. The van der Waals surface area contributed by atoms with E-state index in [9.17, 15) is 9.59 Å². The summed E-state index contributed by atoms with van der Waals surface area (Å²) in [4.78, 5) is 23.0. The van der Waals surface area contributed by atoms with E-state index in [1.807, 2.05) is 0 Å². The van der Waals surface area contributed by atoms with Gasteiger partial charge in [0.1, 0.15) is 6.10 Å². The lowest BCUT2D eigenvalue weighted by molar-refractivity contribution is -0.154. The lowest BCUT2D eigenvalue weighted by Crippen LogP contribution is -2.21. The normalized spacial score (nSPS) is 12.6. The lowest BCUT2D eigenvalue weighted by atomic mass is 9.98. The summed E-state index contributed by atoms with van der Waals surface area (Å²) in [6.45, 7) is 10.7. The van der Waals surface area contributed by atoms with Gasteiger partial charge in [-0.1, -0.05) is 27.7 Å². The molecule has 0 aromatic rings. The van der Waals surface area contributed by atoms with Crippen molar-refractivity contribution in [2.24, 2.45) is 11.8 Å². The minimum atomic E-state index is -0.341. The average Bonchev–Trinajstić information content (AvgIpc) is 2.33. The van der Waals surface area contributed by atoms with E-state index in [-0.39, 0.29) is 30.9 Å². The highest BCUT2D eigenvalue weighted by atomic mass is 16.5. The Morgan fingerprint density at radius 2 is 1.50 bits per heavy atom. The van der Waals surface area contributed by atoms with Gasteiger partial charge in [-0.2, -0.15) is 0 Å². The van der Waals surface area contributed by atoms with Crippen molar-refractivity contribution < 1.29 is 19.1 Å². The zero-order valence-electron chi connectivity index (χ0n) is 13.6. The number of rotatable bonds is 10. The second-order valence-corrected chi connectivity index (χ2v) is 6.02. The van der Waals surface area contributed by atoms with Gasteiger partial charge in [-0.15, -0.1) is 0 Å². The third-order valence-corrected chi connectivity index (χ3v) is 2.94. The molecule has 0 aromatic heterocycles. The van der Waals surface area contributed by atoms with Gasteiger partial charge < -0.3 is 9.47 Å². The molecule has 0 N–H and O–H groups in total. The third kappa shape index (κ3) is 10.8. The SMILES string of the molecule is CCOC(=O)CCC(=O)OC(CCC(C)C)CC(C)C. The van der Waals surface area contributed by atoms with Gasteiger partial charge in [-0.05, 0) is 38.0 Å². The summed E-state index contributed by atoms with van der Waals surface area (Å²) in [6, 6.07) is 0. The summed E-state index contributed by atoms with van der Waals surface area (Å²) in [5.41, 5.74) is 0. The predicted molar refractivity (Wildman–Crippen MR) is 79.3 cm³/mol. The van der Waals surface area contributed by atoms with Crippen LogP contribution in [0.15, 0.2) is 0 Å². The van der Waals surface area contributed by atoms with E-state index in [2.05, 4.69) is 27.7 Å². The highest BCUT2D eigenvalue weighted by molar-refractivity contribution is 5.77. The van der Waals surface area contributed by atoms with Gasteiger partial charge in [-0.3, -0.25) is 9.59 Å². The van der Waals surface area contributed by atoms with Crippen LogP contribution >= 0.6 is 0 Å². The molecule has 0 aromatic carbocycles. The average molecular weight is 286 g/mol. The molecular weight excluding hydrogens is 256 g/mol. The summed E-state index contributed by atoms with van der Waals surface area (Å²) < 4.78 is 10.3. The molecule has 0 saturated carbocycles. The first-order valence-corrected chi connectivity index (χ1v) is 7.70. The molecule has 0 fully saturated rings. The number of esters is 2. The van der Waals surface area contributed by atoms with Gasteiger partial charge in [0.05, 0.1) is 19.4 Å². The molecule has 118 valence electrons.